The molecular formula is C8H9BrN2O2. The molecule has 0 aliphatic carbocycles. The first kappa shape index (κ1) is 9.85. The lowest BCUT2D eigenvalue weighted by molar-refractivity contribution is 0.194. The normalized spacial score (nSPS) is 9.62. The van der Waals surface area contributed by atoms with Crippen molar-refractivity contribution >= 4 is 27.7 Å². The number of halogens is 1. The Kier molecular flexibility index (Phi) is 3.13. The molecular weight excluding hydrogens is 236 g/mol. The van der Waals surface area contributed by atoms with Crippen LogP contribution in [0, 0.1) is 0 Å². The van der Waals surface area contributed by atoms with Gasteiger partial charge in [0.2, 0.25) is 0 Å². The Labute approximate surface area is 83.9 Å². The molecule has 0 aliphatic rings. The predicted molar refractivity (Wildman–Crippen MR) is 53.4 cm³/mol. The third kappa shape index (κ3) is 2.95. The van der Waals surface area contributed by atoms with Crippen LogP contribution in [0.25, 0.3) is 0 Å². The minimum absolute atomic E-state index is 0.231. The Morgan fingerprint density at radius 2 is 2.31 bits per heavy atom. The van der Waals surface area contributed by atoms with Crippen molar-refractivity contribution in [2.75, 3.05) is 5.73 Å². The molecule has 4 N–H and O–H groups in total. The van der Waals surface area contributed by atoms with E-state index in [-0.39, 0.29) is 6.54 Å². The Balaban J connectivity index is 2.72. The van der Waals surface area contributed by atoms with Crippen LogP contribution >= 0.6 is 15.9 Å². The van der Waals surface area contributed by atoms with E-state index in [9.17, 15) is 4.79 Å². The van der Waals surface area contributed by atoms with E-state index < -0.39 is 6.09 Å². The quantitative estimate of drug-likeness (QED) is 0.695. The second-order valence-electron chi connectivity index (χ2n) is 2.50. The van der Waals surface area contributed by atoms with Crippen LogP contribution in [-0.4, -0.2) is 11.2 Å². The van der Waals surface area contributed by atoms with Crippen molar-refractivity contribution < 1.29 is 9.90 Å². The lowest BCUT2D eigenvalue weighted by Gasteiger charge is -2.05. The second-order valence-corrected chi connectivity index (χ2v) is 3.42. The van der Waals surface area contributed by atoms with Crippen molar-refractivity contribution in [1.82, 2.24) is 5.32 Å². The molecule has 70 valence electrons. The van der Waals surface area contributed by atoms with Gasteiger partial charge in [0.25, 0.3) is 0 Å². The van der Waals surface area contributed by atoms with Crippen molar-refractivity contribution in [2.24, 2.45) is 0 Å². The van der Waals surface area contributed by atoms with E-state index in [1.54, 1.807) is 12.1 Å². The van der Waals surface area contributed by atoms with E-state index in [0.717, 1.165) is 10.0 Å². The number of hydrogen-bond donors (Lipinski definition) is 3. The summed E-state index contributed by atoms with van der Waals surface area (Å²) in [5, 5.41) is 10.6. The highest BCUT2D eigenvalue weighted by Crippen LogP contribution is 2.18. The van der Waals surface area contributed by atoms with Crippen LogP contribution in [0.5, 0.6) is 0 Å². The van der Waals surface area contributed by atoms with E-state index in [1.807, 2.05) is 6.07 Å². The summed E-state index contributed by atoms with van der Waals surface area (Å²) in [5.74, 6) is 0. The molecule has 0 atom stereocenters. The summed E-state index contributed by atoms with van der Waals surface area (Å²) in [7, 11) is 0. The minimum Gasteiger partial charge on any atom is -0.465 e. The van der Waals surface area contributed by atoms with Crippen molar-refractivity contribution in [2.45, 2.75) is 6.54 Å². The molecule has 0 bridgehead atoms. The Bertz CT molecular complexity index is 328. The van der Waals surface area contributed by atoms with Crippen LogP contribution < -0.4 is 11.1 Å². The Morgan fingerprint density at radius 3 is 2.85 bits per heavy atom. The van der Waals surface area contributed by atoms with Crippen LogP contribution in [0.15, 0.2) is 22.7 Å². The van der Waals surface area contributed by atoms with Crippen LogP contribution in [0.3, 0.4) is 0 Å². The van der Waals surface area contributed by atoms with Gasteiger partial charge in [-0.25, -0.2) is 4.79 Å². The average Bonchev–Trinajstić information content (AvgIpc) is 2.02. The fourth-order valence-corrected chi connectivity index (χ4v) is 1.28. The first-order chi connectivity index (χ1) is 6.09. The molecule has 1 amide bonds. The van der Waals surface area contributed by atoms with Crippen molar-refractivity contribution in [3.63, 3.8) is 0 Å². The molecule has 0 unspecified atom stereocenters. The summed E-state index contributed by atoms with van der Waals surface area (Å²) < 4.78 is 0.879. The maximum atomic E-state index is 10.2. The van der Waals surface area contributed by atoms with Gasteiger partial charge in [-0.2, -0.15) is 0 Å². The van der Waals surface area contributed by atoms with Gasteiger partial charge in [-0.1, -0.05) is 22.0 Å². The van der Waals surface area contributed by atoms with E-state index in [4.69, 9.17) is 10.8 Å². The average molecular weight is 245 g/mol. The summed E-state index contributed by atoms with van der Waals surface area (Å²) in [6.45, 7) is 0.231. The van der Waals surface area contributed by atoms with Crippen LogP contribution in [-0.2, 0) is 6.54 Å². The number of amides is 1. The summed E-state index contributed by atoms with van der Waals surface area (Å²) in [6, 6.07) is 5.32. The lowest BCUT2D eigenvalue weighted by atomic mass is 10.2. The fourth-order valence-electron chi connectivity index (χ4n) is 0.898. The predicted octanol–water partition coefficient (Wildman–Crippen LogP) is 1.80. The topological polar surface area (TPSA) is 75.3 Å². The summed E-state index contributed by atoms with van der Waals surface area (Å²) in [5.41, 5.74) is 6.99. The molecule has 0 radical (unpaired) electrons. The van der Waals surface area contributed by atoms with Gasteiger partial charge in [0, 0.05) is 16.7 Å². The largest absolute Gasteiger partial charge is 0.465 e. The third-order valence-corrected chi connectivity index (χ3v) is 2.03. The first-order valence-electron chi connectivity index (χ1n) is 3.60. The number of carbonyl (C=O) groups is 1. The van der Waals surface area contributed by atoms with Gasteiger partial charge in [0.1, 0.15) is 0 Å². The molecule has 0 aromatic heterocycles. The van der Waals surface area contributed by atoms with Crippen LogP contribution in [0.4, 0.5) is 10.5 Å². The highest BCUT2D eigenvalue weighted by molar-refractivity contribution is 9.10. The highest BCUT2D eigenvalue weighted by Gasteiger charge is 2.01. The molecule has 1 aromatic carbocycles. The lowest BCUT2D eigenvalue weighted by Crippen LogP contribution is -2.20. The molecule has 0 fully saturated rings. The molecule has 5 heteroatoms. The first-order valence-corrected chi connectivity index (χ1v) is 4.39. The number of nitrogen functional groups attached to an aromatic ring is 1. The van der Waals surface area contributed by atoms with E-state index >= 15 is 0 Å². The molecule has 0 heterocycles. The molecule has 13 heavy (non-hydrogen) atoms. The molecule has 0 saturated heterocycles. The maximum Gasteiger partial charge on any atom is 0.404 e. The summed E-state index contributed by atoms with van der Waals surface area (Å²) in [6.07, 6.45) is -1.05. The third-order valence-electron chi connectivity index (χ3n) is 1.54. The number of nitrogens with one attached hydrogen (secondary N) is 1. The number of nitrogens with two attached hydrogens (primary N) is 1. The molecule has 0 saturated carbocycles. The smallest absolute Gasteiger partial charge is 0.404 e. The fraction of sp³-hybridized carbons (Fsp3) is 0.125. The molecule has 1 aromatic rings. The van der Waals surface area contributed by atoms with E-state index in [0.29, 0.717) is 5.69 Å². The number of carboxylic acid groups (broad SMARTS) is 1. The molecule has 1 rings (SSSR count). The van der Waals surface area contributed by atoms with Crippen molar-refractivity contribution in [1.29, 1.82) is 0 Å². The SMILES string of the molecule is Nc1cc(Br)ccc1CNC(=O)O. The standard InChI is InChI=1S/C8H9BrN2O2/c9-6-2-1-5(7(10)3-6)4-11-8(12)13/h1-3,11H,4,10H2,(H,12,13). The van der Waals surface area contributed by atoms with Gasteiger partial charge >= 0.3 is 6.09 Å². The number of anilines is 1. The highest BCUT2D eigenvalue weighted by atomic mass is 79.9. The van der Waals surface area contributed by atoms with Gasteiger partial charge in [0.05, 0.1) is 0 Å². The van der Waals surface area contributed by atoms with Gasteiger partial charge in [-0.05, 0) is 17.7 Å². The second kappa shape index (κ2) is 4.13. The zero-order valence-electron chi connectivity index (χ0n) is 6.75. The Hall–Kier alpha value is -1.23. The van der Waals surface area contributed by atoms with Gasteiger partial charge in [-0.3, -0.25) is 0 Å². The summed E-state index contributed by atoms with van der Waals surface area (Å²) in [4.78, 5) is 10.2. The van der Waals surface area contributed by atoms with Crippen LogP contribution in [0.2, 0.25) is 0 Å². The van der Waals surface area contributed by atoms with Crippen LogP contribution in [0.1, 0.15) is 5.56 Å². The number of hydrogen-bond acceptors (Lipinski definition) is 2. The molecule has 4 nitrogen and oxygen atoms in total. The molecule has 0 spiro atoms. The molecule has 0 aliphatic heterocycles. The van der Waals surface area contributed by atoms with Gasteiger partial charge < -0.3 is 16.2 Å². The van der Waals surface area contributed by atoms with E-state index in [1.165, 1.54) is 0 Å². The summed E-state index contributed by atoms with van der Waals surface area (Å²) >= 11 is 3.26. The zero-order valence-corrected chi connectivity index (χ0v) is 8.34. The monoisotopic (exact) mass is 244 g/mol. The number of rotatable bonds is 2. The maximum absolute atomic E-state index is 10.2. The van der Waals surface area contributed by atoms with Crippen molar-refractivity contribution in [3.05, 3.63) is 28.2 Å². The number of benzene rings is 1. The van der Waals surface area contributed by atoms with Crippen molar-refractivity contribution in [3.8, 4) is 0 Å². The van der Waals surface area contributed by atoms with E-state index in [2.05, 4.69) is 21.2 Å². The van der Waals surface area contributed by atoms with Gasteiger partial charge in [-0.15, -0.1) is 0 Å². The van der Waals surface area contributed by atoms with Gasteiger partial charge in [0.15, 0.2) is 0 Å². The zero-order chi connectivity index (χ0) is 9.84. The Morgan fingerprint density at radius 1 is 1.62 bits per heavy atom. The minimum atomic E-state index is -1.05.